The van der Waals surface area contributed by atoms with Crippen LogP contribution in [0.2, 0.25) is 0 Å². The van der Waals surface area contributed by atoms with Gasteiger partial charge in [-0.15, -0.1) is 0 Å². The second-order valence-corrected chi connectivity index (χ2v) is 5.38. The van der Waals surface area contributed by atoms with E-state index in [1.165, 1.54) is 6.07 Å². The van der Waals surface area contributed by atoms with Crippen molar-refractivity contribution in [1.29, 1.82) is 5.26 Å². The lowest BCUT2D eigenvalue weighted by Gasteiger charge is -2.24. The molecular weight excluding hydrogens is 268 g/mol. The average Bonchev–Trinajstić information content (AvgIpc) is 3.17. The van der Waals surface area contributed by atoms with Gasteiger partial charge in [-0.3, -0.25) is 15.0 Å². The minimum Gasteiger partial charge on any atom is -0.370 e. The Bertz CT molecular complexity index is 627. The molecule has 6 heteroatoms. The highest BCUT2D eigenvalue weighted by molar-refractivity contribution is 5.60. The van der Waals surface area contributed by atoms with Gasteiger partial charge in [0.1, 0.15) is 11.6 Å². The molecule has 1 atom stereocenters. The largest absolute Gasteiger partial charge is 0.370 e. The molecule has 0 spiro atoms. The fourth-order valence-electron chi connectivity index (χ4n) is 3.04. The minimum absolute atomic E-state index is 0.124. The van der Waals surface area contributed by atoms with Gasteiger partial charge in [0.15, 0.2) is 0 Å². The summed E-state index contributed by atoms with van der Waals surface area (Å²) in [6.07, 6.45) is 5.45. The maximum Gasteiger partial charge on any atom is 0.287 e. The summed E-state index contributed by atoms with van der Waals surface area (Å²) in [4.78, 5) is 15.0. The molecule has 108 valence electrons. The first-order valence-corrected chi connectivity index (χ1v) is 7.01. The highest BCUT2D eigenvalue weighted by Crippen LogP contribution is 2.28. The lowest BCUT2D eigenvalue weighted by Crippen LogP contribution is -2.35. The van der Waals surface area contributed by atoms with Gasteiger partial charge in [0.05, 0.1) is 4.92 Å². The summed E-state index contributed by atoms with van der Waals surface area (Å²) in [7, 11) is 0. The molecule has 6 nitrogen and oxygen atoms in total. The van der Waals surface area contributed by atoms with E-state index in [2.05, 4.69) is 22.0 Å². The zero-order chi connectivity index (χ0) is 14.8. The second-order valence-electron chi connectivity index (χ2n) is 5.38. The van der Waals surface area contributed by atoms with Crippen LogP contribution < -0.4 is 4.90 Å². The van der Waals surface area contributed by atoms with Crippen molar-refractivity contribution in [2.24, 2.45) is 0 Å². The van der Waals surface area contributed by atoms with Crippen LogP contribution in [-0.4, -0.2) is 42.0 Å². The first-order chi connectivity index (χ1) is 10.2. The number of benzene rings is 1. The molecule has 0 radical (unpaired) electrons. The van der Waals surface area contributed by atoms with E-state index in [0.717, 1.165) is 38.3 Å². The Labute approximate surface area is 123 Å². The van der Waals surface area contributed by atoms with Gasteiger partial charge in [-0.1, -0.05) is 12.2 Å². The first-order valence-electron chi connectivity index (χ1n) is 7.01. The van der Waals surface area contributed by atoms with E-state index in [1.807, 2.05) is 6.07 Å². The predicted octanol–water partition coefficient (Wildman–Crippen LogP) is 1.92. The Kier molecular flexibility index (Phi) is 3.59. The van der Waals surface area contributed by atoms with E-state index in [4.69, 9.17) is 5.26 Å². The van der Waals surface area contributed by atoms with Gasteiger partial charge in [0, 0.05) is 44.0 Å². The number of nitro groups is 1. The molecule has 0 aliphatic carbocycles. The molecule has 1 aromatic rings. The summed E-state index contributed by atoms with van der Waals surface area (Å²) in [6, 6.07) is 7.23. The molecule has 0 aromatic heterocycles. The molecule has 2 aliphatic rings. The Balaban J connectivity index is 1.76. The summed E-state index contributed by atoms with van der Waals surface area (Å²) in [5, 5.41) is 19.9. The predicted molar refractivity (Wildman–Crippen MR) is 79.1 cm³/mol. The van der Waals surface area contributed by atoms with Crippen LogP contribution in [0.4, 0.5) is 11.4 Å². The third-order valence-corrected chi connectivity index (χ3v) is 4.19. The SMILES string of the molecule is N#Cc1cc(N2CCC(N3CC=CC3)C2)ccc1[N+](=O)[O-]. The molecule has 1 fully saturated rings. The lowest BCUT2D eigenvalue weighted by atomic mass is 10.1. The molecule has 2 aliphatic heterocycles. The maximum absolute atomic E-state index is 10.9. The van der Waals surface area contributed by atoms with Gasteiger partial charge in [-0.25, -0.2) is 0 Å². The van der Waals surface area contributed by atoms with Gasteiger partial charge >= 0.3 is 0 Å². The molecule has 0 N–H and O–H groups in total. The quantitative estimate of drug-likeness (QED) is 0.481. The van der Waals surface area contributed by atoms with Crippen LogP contribution in [0.3, 0.4) is 0 Å². The normalized spacial score (nSPS) is 21.7. The summed E-state index contributed by atoms with van der Waals surface area (Å²) >= 11 is 0. The van der Waals surface area contributed by atoms with Gasteiger partial charge in [-0.2, -0.15) is 5.26 Å². The van der Waals surface area contributed by atoms with Crippen molar-refractivity contribution in [2.45, 2.75) is 12.5 Å². The molecule has 0 amide bonds. The molecular formula is C15H16N4O2. The van der Waals surface area contributed by atoms with Crippen LogP contribution in [0.15, 0.2) is 30.4 Å². The fraction of sp³-hybridized carbons (Fsp3) is 0.400. The molecule has 3 rings (SSSR count). The summed E-state index contributed by atoms with van der Waals surface area (Å²) in [6.45, 7) is 3.83. The van der Waals surface area contributed by atoms with Gasteiger partial charge in [0.2, 0.25) is 0 Å². The maximum atomic E-state index is 10.9. The van der Waals surface area contributed by atoms with E-state index in [0.29, 0.717) is 6.04 Å². The summed E-state index contributed by atoms with van der Waals surface area (Å²) < 4.78 is 0. The molecule has 21 heavy (non-hydrogen) atoms. The van der Waals surface area contributed by atoms with Crippen LogP contribution in [0, 0.1) is 21.4 Å². The molecule has 0 saturated carbocycles. The monoisotopic (exact) mass is 284 g/mol. The van der Waals surface area contributed by atoms with Crippen molar-refractivity contribution >= 4 is 11.4 Å². The molecule has 1 aromatic carbocycles. The van der Waals surface area contributed by atoms with Crippen LogP contribution in [0.25, 0.3) is 0 Å². The fourth-order valence-corrected chi connectivity index (χ4v) is 3.04. The zero-order valence-electron chi connectivity index (χ0n) is 11.6. The van der Waals surface area contributed by atoms with E-state index in [9.17, 15) is 10.1 Å². The number of nitro benzene ring substituents is 1. The third-order valence-electron chi connectivity index (χ3n) is 4.19. The lowest BCUT2D eigenvalue weighted by molar-refractivity contribution is -0.385. The van der Waals surface area contributed by atoms with Crippen LogP contribution in [-0.2, 0) is 0 Å². The van der Waals surface area contributed by atoms with Gasteiger partial charge in [0.25, 0.3) is 5.69 Å². The smallest absolute Gasteiger partial charge is 0.287 e. The zero-order valence-corrected chi connectivity index (χ0v) is 11.6. The van der Waals surface area contributed by atoms with Crippen molar-refractivity contribution in [3.05, 3.63) is 46.0 Å². The van der Waals surface area contributed by atoms with Crippen molar-refractivity contribution in [3.8, 4) is 6.07 Å². The van der Waals surface area contributed by atoms with Crippen molar-refractivity contribution in [1.82, 2.24) is 4.90 Å². The average molecular weight is 284 g/mol. The van der Waals surface area contributed by atoms with E-state index < -0.39 is 4.92 Å². The minimum atomic E-state index is -0.509. The van der Waals surface area contributed by atoms with Crippen LogP contribution in [0.1, 0.15) is 12.0 Å². The molecule has 1 saturated heterocycles. The number of rotatable bonds is 3. The van der Waals surface area contributed by atoms with Crippen molar-refractivity contribution in [2.75, 3.05) is 31.1 Å². The van der Waals surface area contributed by atoms with Crippen molar-refractivity contribution < 1.29 is 4.92 Å². The summed E-state index contributed by atoms with van der Waals surface area (Å²) in [5.41, 5.74) is 0.899. The van der Waals surface area contributed by atoms with E-state index >= 15 is 0 Å². The van der Waals surface area contributed by atoms with E-state index in [1.54, 1.807) is 12.1 Å². The highest BCUT2D eigenvalue weighted by atomic mass is 16.6. The van der Waals surface area contributed by atoms with Crippen LogP contribution in [0.5, 0.6) is 0 Å². The second kappa shape index (κ2) is 5.54. The van der Waals surface area contributed by atoms with Gasteiger partial charge in [-0.05, 0) is 18.6 Å². The number of nitrogens with zero attached hydrogens (tertiary/aromatic N) is 4. The Morgan fingerprint density at radius 2 is 2.10 bits per heavy atom. The molecule has 0 bridgehead atoms. The topological polar surface area (TPSA) is 73.4 Å². The number of anilines is 1. The van der Waals surface area contributed by atoms with E-state index in [-0.39, 0.29) is 11.3 Å². The summed E-state index contributed by atoms with van der Waals surface area (Å²) in [5.74, 6) is 0. The number of nitriles is 1. The Morgan fingerprint density at radius 3 is 2.76 bits per heavy atom. The van der Waals surface area contributed by atoms with Crippen molar-refractivity contribution in [3.63, 3.8) is 0 Å². The number of hydrogen-bond acceptors (Lipinski definition) is 5. The Morgan fingerprint density at radius 1 is 1.33 bits per heavy atom. The standard InChI is InChI=1S/C15H16N4O2/c16-10-12-9-13(3-4-15(12)19(20)21)18-8-5-14(11-18)17-6-1-2-7-17/h1-4,9,14H,5-8,11H2. The Hall–Kier alpha value is -2.39. The van der Waals surface area contributed by atoms with Crippen LogP contribution >= 0.6 is 0 Å². The third kappa shape index (κ3) is 2.60. The highest BCUT2D eigenvalue weighted by Gasteiger charge is 2.28. The van der Waals surface area contributed by atoms with Gasteiger partial charge < -0.3 is 4.90 Å². The number of hydrogen-bond donors (Lipinski definition) is 0. The molecule has 1 unspecified atom stereocenters. The molecule has 2 heterocycles. The first kappa shape index (κ1) is 13.6.